The normalized spacial score (nSPS) is 28.3. The van der Waals surface area contributed by atoms with E-state index in [0.29, 0.717) is 0 Å². The van der Waals surface area contributed by atoms with Crippen molar-refractivity contribution in [3.8, 4) is 0 Å². The van der Waals surface area contributed by atoms with Gasteiger partial charge in [-0.1, -0.05) is 23.3 Å². The Labute approximate surface area is 94.9 Å². The smallest absolute Gasteiger partial charge is 0.181 e. The third kappa shape index (κ3) is 1.56. The van der Waals surface area contributed by atoms with Gasteiger partial charge in [0, 0.05) is 17.4 Å². The summed E-state index contributed by atoms with van der Waals surface area (Å²) < 4.78 is 0. The monoisotopic (exact) mass is 216 g/mol. The van der Waals surface area contributed by atoms with E-state index in [2.05, 4.69) is 41.7 Å². The molecule has 2 unspecified atom stereocenters. The van der Waals surface area contributed by atoms with Crippen molar-refractivity contribution in [2.24, 2.45) is 10.3 Å². The Morgan fingerprint density at radius 2 is 2.00 bits per heavy atom. The van der Waals surface area contributed by atoms with Crippen LogP contribution in [0, 0.1) is 0 Å². The van der Waals surface area contributed by atoms with Crippen LogP contribution in [0.5, 0.6) is 0 Å². The zero-order valence-corrected chi connectivity index (χ0v) is 9.40. The van der Waals surface area contributed by atoms with Gasteiger partial charge < -0.3 is 4.90 Å². The number of para-hydroxylation sites is 1. The Morgan fingerprint density at radius 1 is 1.19 bits per heavy atom. The Balaban J connectivity index is 1.93. The van der Waals surface area contributed by atoms with Crippen molar-refractivity contribution in [1.29, 1.82) is 0 Å². The van der Waals surface area contributed by atoms with Crippen LogP contribution >= 0.6 is 0 Å². The molecule has 16 heavy (non-hydrogen) atoms. The summed E-state index contributed by atoms with van der Waals surface area (Å²) in [6, 6.07) is 10.3. The summed E-state index contributed by atoms with van der Waals surface area (Å²) in [7, 11) is 2.21. The highest BCUT2D eigenvalue weighted by molar-refractivity contribution is 5.30. The molecule has 0 bridgehead atoms. The first-order valence-electron chi connectivity index (χ1n) is 5.72. The SMILES string of the molecule is C[NH+]1CCC2=C(C1)N=N[NH+]2c1ccccc1. The van der Waals surface area contributed by atoms with Gasteiger partial charge in [-0.3, -0.25) is 0 Å². The molecule has 4 heteroatoms. The molecule has 4 nitrogen and oxygen atoms in total. The molecule has 2 aliphatic rings. The standard InChI is InChI=1S/C12H14N4/c1-15-8-7-12-11(9-15)13-14-16(12)10-5-3-2-4-6-10/h2-6H,7-9H2,1H3/p+2. The van der Waals surface area contributed by atoms with Crippen molar-refractivity contribution in [3.63, 3.8) is 0 Å². The number of hydrogen-bond acceptors (Lipinski definition) is 2. The maximum atomic E-state index is 4.34. The van der Waals surface area contributed by atoms with Crippen LogP contribution in [0.3, 0.4) is 0 Å². The first-order valence-corrected chi connectivity index (χ1v) is 5.72. The van der Waals surface area contributed by atoms with E-state index in [1.54, 1.807) is 0 Å². The summed E-state index contributed by atoms with van der Waals surface area (Å²) in [4.78, 5) is 1.52. The third-order valence-electron chi connectivity index (χ3n) is 3.22. The Kier molecular flexibility index (Phi) is 2.31. The Bertz CT molecular complexity index is 449. The molecule has 2 heterocycles. The molecule has 1 aromatic rings. The first kappa shape index (κ1) is 9.69. The van der Waals surface area contributed by atoms with Gasteiger partial charge in [0.15, 0.2) is 17.1 Å². The fourth-order valence-electron chi connectivity index (χ4n) is 2.31. The number of quaternary nitrogens is 2. The number of nitrogens with zero attached hydrogens (tertiary/aromatic N) is 2. The lowest BCUT2D eigenvalue weighted by Gasteiger charge is -2.19. The van der Waals surface area contributed by atoms with E-state index in [9.17, 15) is 0 Å². The van der Waals surface area contributed by atoms with Crippen molar-refractivity contribution in [1.82, 2.24) is 0 Å². The zero-order valence-electron chi connectivity index (χ0n) is 9.40. The quantitative estimate of drug-likeness (QED) is 0.647. The fourth-order valence-corrected chi connectivity index (χ4v) is 2.31. The van der Waals surface area contributed by atoms with Crippen LogP contribution < -0.4 is 9.91 Å². The van der Waals surface area contributed by atoms with Gasteiger partial charge in [-0.15, -0.1) is 5.01 Å². The van der Waals surface area contributed by atoms with Crippen molar-refractivity contribution < 1.29 is 9.91 Å². The molecule has 2 aliphatic heterocycles. The molecule has 0 saturated heterocycles. The van der Waals surface area contributed by atoms with E-state index in [0.717, 1.165) is 18.0 Å². The molecular weight excluding hydrogens is 200 g/mol. The topological polar surface area (TPSA) is 33.6 Å². The largest absolute Gasteiger partial charge is 0.332 e. The molecular formula is C12H16N4+2. The highest BCUT2D eigenvalue weighted by Crippen LogP contribution is 2.14. The van der Waals surface area contributed by atoms with Crippen LogP contribution in [-0.2, 0) is 0 Å². The highest BCUT2D eigenvalue weighted by Gasteiger charge is 2.34. The van der Waals surface area contributed by atoms with Crippen molar-refractivity contribution in [2.45, 2.75) is 6.42 Å². The average molecular weight is 216 g/mol. The minimum atomic E-state index is 1.01. The van der Waals surface area contributed by atoms with Crippen LogP contribution in [0.25, 0.3) is 0 Å². The summed E-state index contributed by atoms with van der Waals surface area (Å²) in [6.07, 6.45) is 1.10. The number of likely N-dealkylation sites (N-methyl/N-ethyl adjacent to an activating group) is 1. The molecule has 0 amide bonds. The number of hydrogen-bond donors (Lipinski definition) is 2. The molecule has 0 radical (unpaired) electrons. The van der Waals surface area contributed by atoms with E-state index in [-0.39, 0.29) is 0 Å². The van der Waals surface area contributed by atoms with Gasteiger partial charge in [0.2, 0.25) is 0 Å². The van der Waals surface area contributed by atoms with Crippen LogP contribution in [0.4, 0.5) is 5.69 Å². The second-order valence-corrected chi connectivity index (χ2v) is 4.47. The molecule has 0 aliphatic carbocycles. The van der Waals surface area contributed by atoms with E-state index < -0.39 is 0 Å². The summed E-state index contributed by atoms with van der Waals surface area (Å²) >= 11 is 0. The number of benzene rings is 1. The highest BCUT2D eigenvalue weighted by atomic mass is 15.6. The van der Waals surface area contributed by atoms with Crippen LogP contribution in [0.2, 0.25) is 0 Å². The van der Waals surface area contributed by atoms with Gasteiger partial charge in [-0.2, -0.15) is 0 Å². The Hall–Kier alpha value is -1.52. The molecule has 2 N–H and O–H groups in total. The van der Waals surface area contributed by atoms with Crippen molar-refractivity contribution in [3.05, 3.63) is 41.7 Å². The van der Waals surface area contributed by atoms with E-state index in [4.69, 9.17) is 0 Å². The zero-order chi connectivity index (χ0) is 11.0. The minimum absolute atomic E-state index is 1.01. The molecule has 1 aromatic carbocycles. The van der Waals surface area contributed by atoms with Gasteiger partial charge in [0.25, 0.3) is 0 Å². The Morgan fingerprint density at radius 3 is 2.81 bits per heavy atom. The lowest BCUT2D eigenvalue weighted by Crippen LogP contribution is -3.11. The van der Waals surface area contributed by atoms with Gasteiger partial charge >= 0.3 is 0 Å². The molecule has 0 saturated carbocycles. The maximum Gasteiger partial charge on any atom is 0.181 e. The summed E-state index contributed by atoms with van der Waals surface area (Å²) in [5.74, 6) is 0. The van der Waals surface area contributed by atoms with E-state index >= 15 is 0 Å². The van der Waals surface area contributed by atoms with Gasteiger partial charge in [-0.25, -0.2) is 0 Å². The van der Waals surface area contributed by atoms with Gasteiger partial charge in [0.1, 0.15) is 6.54 Å². The summed E-state index contributed by atoms with van der Waals surface area (Å²) in [5.41, 5.74) is 3.73. The van der Waals surface area contributed by atoms with E-state index in [1.165, 1.54) is 28.5 Å². The molecule has 0 fully saturated rings. The van der Waals surface area contributed by atoms with Crippen molar-refractivity contribution in [2.75, 3.05) is 20.1 Å². The lowest BCUT2D eigenvalue weighted by molar-refractivity contribution is -0.882. The van der Waals surface area contributed by atoms with Crippen LogP contribution in [-0.4, -0.2) is 20.1 Å². The molecule has 0 aromatic heterocycles. The second kappa shape index (κ2) is 3.81. The van der Waals surface area contributed by atoms with Gasteiger partial charge in [0.05, 0.1) is 20.0 Å². The van der Waals surface area contributed by atoms with Gasteiger partial charge in [-0.05, 0) is 0 Å². The van der Waals surface area contributed by atoms with Crippen LogP contribution in [0.1, 0.15) is 6.42 Å². The lowest BCUT2D eigenvalue weighted by atomic mass is 10.1. The summed E-state index contributed by atoms with van der Waals surface area (Å²) in [5, 5.41) is 9.74. The number of rotatable bonds is 1. The third-order valence-corrected chi connectivity index (χ3v) is 3.22. The summed E-state index contributed by atoms with van der Waals surface area (Å²) in [6.45, 7) is 2.19. The fraction of sp³-hybridized carbons (Fsp3) is 0.333. The molecule has 0 spiro atoms. The first-order chi connectivity index (χ1) is 7.84. The number of nitrogens with one attached hydrogen (secondary N) is 2. The van der Waals surface area contributed by atoms with E-state index in [1.807, 2.05) is 6.07 Å². The molecule has 82 valence electrons. The second-order valence-electron chi connectivity index (χ2n) is 4.47. The van der Waals surface area contributed by atoms with Crippen LogP contribution in [0.15, 0.2) is 52.1 Å². The predicted octanol–water partition coefficient (Wildman–Crippen LogP) is -0.286. The molecule has 3 rings (SSSR count). The van der Waals surface area contributed by atoms with Crippen molar-refractivity contribution >= 4 is 5.69 Å². The average Bonchev–Trinajstić information content (AvgIpc) is 2.73. The maximum absolute atomic E-state index is 4.34. The predicted molar refractivity (Wildman–Crippen MR) is 60.2 cm³/mol. The minimum Gasteiger partial charge on any atom is -0.332 e. The molecule has 2 atom stereocenters.